The number of nitrogens with zero attached hydrogens (tertiary/aromatic N) is 1. The molecule has 0 bridgehead atoms. The molecule has 1 saturated carbocycles. The number of sulfonamides is 1. The number of benzene rings is 2. The predicted octanol–water partition coefficient (Wildman–Crippen LogP) is 3.75. The Morgan fingerprint density at radius 3 is 2.43 bits per heavy atom. The van der Waals surface area contributed by atoms with Gasteiger partial charge in [0.25, 0.3) is 0 Å². The third-order valence-corrected chi connectivity index (χ3v) is 6.38. The van der Waals surface area contributed by atoms with E-state index in [1.54, 1.807) is 30.3 Å². The zero-order chi connectivity index (χ0) is 20.1. The normalized spacial score (nSPS) is 14.5. The third-order valence-electron chi connectivity index (χ3n) is 5.20. The molecule has 7 heteroatoms. The zero-order valence-electron chi connectivity index (χ0n) is 15.8. The minimum atomic E-state index is -3.53. The van der Waals surface area contributed by atoms with E-state index < -0.39 is 10.0 Å². The van der Waals surface area contributed by atoms with E-state index in [1.807, 2.05) is 13.0 Å². The second-order valence-electron chi connectivity index (χ2n) is 7.34. The van der Waals surface area contributed by atoms with Crippen LogP contribution in [-0.2, 0) is 10.0 Å². The molecule has 3 aromatic rings. The topological polar surface area (TPSA) is 91.0 Å². The Hall–Kier alpha value is -2.51. The van der Waals surface area contributed by atoms with Crippen LogP contribution in [0.25, 0.3) is 22.3 Å². The van der Waals surface area contributed by atoms with Crippen LogP contribution >= 0.6 is 0 Å². The van der Waals surface area contributed by atoms with Crippen LogP contribution in [0.5, 0.6) is 5.75 Å². The smallest absolute Gasteiger partial charge is 0.232 e. The van der Waals surface area contributed by atoms with E-state index in [2.05, 4.69) is 0 Å². The highest BCUT2D eigenvalue weighted by atomic mass is 32.2. The summed E-state index contributed by atoms with van der Waals surface area (Å²) in [5.41, 5.74) is 3.98. The van der Waals surface area contributed by atoms with Crippen LogP contribution in [0, 0.1) is 6.92 Å². The van der Waals surface area contributed by atoms with Crippen LogP contribution in [0.15, 0.2) is 40.8 Å². The average Bonchev–Trinajstić information content (AvgIpc) is 3.43. The van der Waals surface area contributed by atoms with Gasteiger partial charge in [0.2, 0.25) is 10.0 Å². The first kappa shape index (κ1) is 18.8. The summed E-state index contributed by atoms with van der Waals surface area (Å²) in [5.74, 6) is 1.21. The van der Waals surface area contributed by atoms with Gasteiger partial charge in [-0.05, 0) is 61.6 Å². The average molecular weight is 401 g/mol. The van der Waals surface area contributed by atoms with Gasteiger partial charge in [-0.3, -0.25) is 4.31 Å². The Bertz CT molecular complexity index is 1130. The summed E-state index contributed by atoms with van der Waals surface area (Å²) in [6.07, 6.45) is 3.20. The zero-order valence-corrected chi connectivity index (χ0v) is 16.7. The lowest BCUT2D eigenvalue weighted by atomic mass is 10.0. The maximum Gasteiger partial charge on any atom is 0.232 e. The number of aryl methyl sites for hydroxylation is 1. The minimum absolute atomic E-state index is 0.00850. The lowest BCUT2D eigenvalue weighted by molar-refractivity contribution is 0.306. The molecule has 0 aliphatic heterocycles. The lowest BCUT2D eigenvalue weighted by Gasteiger charge is -2.24. The molecule has 1 aromatic heterocycles. The van der Waals surface area contributed by atoms with E-state index in [9.17, 15) is 18.6 Å². The maximum atomic E-state index is 12.3. The molecule has 0 saturated heterocycles. The molecular formula is C21H23NO5S. The molecule has 28 heavy (non-hydrogen) atoms. The Labute approximate surface area is 164 Å². The number of fused-ring (bicyclic) bond motifs is 1. The van der Waals surface area contributed by atoms with Crippen molar-refractivity contribution in [3.63, 3.8) is 0 Å². The van der Waals surface area contributed by atoms with E-state index in [4.69, 9.17) is 4.42 Å². The standard InChI is InChI=1S/C21H23NO5S/c1-13-17-11-18(14-3-4-14)19(22(9-10-23)28(2,25)26)12-20(17)27-21(13)15-5-7-16(24)8-6-15/h5-8,11-12,14,23-24H,3-4,9-10H2,1-2H3. The van der Waals surface area contributed by atoms with E-state index in [1.165, 1.54) is 4.31 Å². The largest absolute Gasteiger partial charge is 0.508 e. The first-order valence-corrected chi connectivity index (χ1v) is 11.1. The second-order valence-corrected chi connectivity index (χ2v) is 9.25. The molecule has 1 aliphatic carbocycles. The number of furan rings is 1. The third kappa shape index (κ3) is 3.36. The second kappa shape index (κ2) is 6.83. The number of anilines is 1. The van der Waals surface area contributed by atoms with Crippen LogP contribution in [-0.4, -0.2) is 38.0 Å². The van der Waals surface area contributed by atoms with E-state index in [0.29, 0.717) is 22.9 Å². The number of hydrogen-bond donors (Lipinski definition) is 2. The molecule has 2 N–H and O–H groups in total. The van der Waals surface area contributed by atoms with Gasteiger partial charge in [0, 0.05) is 22.6 Å². The SMILES string of the molecule is Cc1c(-c2ccc(O)cc2)oc2cc(N(CCO)S(C)(=O)=O)c(C3CC3)cc12. The summed E-state index contributed by atoms with van der Waals surface area (Å²) in [6.45, 7) is 1.73. The summed E-state index contributed by atoms with van der Waals surface area (Å²) < 4.78 is 32.0. The van der Waals surface area contributed by atoms with Gasteiger partial charge in [-0.15, -0.1) is 0 Å². The number of phenols is 1. The molecule has 0 spiro atoms. The van der Waals surface area contributed by atoms with Crippen molar-refractivity contribution in [1.82, 2.24) is 0 Å². The molecule has 0 radical (unpaired) electrons. The number of aliphatic hydroxyl groups excluding tert-OH is 1. The van der Waals surface area contributed by atoms with Crippen LogP contribution in [0.4, 0.5) is 5.69 Å². The maximum absolute atomic E-state index is 12.3. The van der Waals surface area contributed by atoms with Crippen molar-refractivity contribution in [2.24, 2.45) is 0 Å². The summed E-state index contributed by atoms with van der Waals surface area (Å²) >= 11 is 0. The fraction of sp³-hybridized carbons (Fsp3) is 0.333. The highest BCUT2D eigenvalue weighted by molar-refractivity contribution is 7.92. The van der Waals surface area contributed by atoms with Gasteiger partial charge >= 0.3 is 0 Å². The van der Waals surface area contributed by atoms with Crippen LogP contribution < -0.4 is 4.31 Å². The lowest BCUT2D eigenvalue weighted by Crippen LogP contribution is -2.33. The molecule has 0 unspecified atom stereocenters. The first-order valence-electron chi connectivity index (χ1n) is 9.24. The summed E-state index contributed by atoms with van der Waals surface area (Å²) in [4.78, 5) is 0. The molecule has 148 valence electrons. The summed E-state index contributed by atoms with van der Waals surface area (Å²) in [7, 11) is -3.53. The van der Waals surface area contributed by atoms with Crippen molar-refractivity contribution in [3.8, 4) is 17.1 Å². The van der Waals surface area contributed by atoms with Crippen molar-refractivity contribution in [2.75, 3.05) is 23.7 Å². The Balaban J connectivity index is 1.92. The van der Waals surface area contributed by atoms with Crippen molar-refractivity contribution >= 4 is 26.7 Å². The number of aromatic hydroxyl groups is 1. The van der Waals surface area contributed by atoms with Gasteiger partial charge in [0.05, 0.1) is 25.1 Å². The molecule has 4 rings (SSSR count). The fourth-order valence-corrected chi connectivity index (χ4v) is 4.58. The Morgan fingerprint density at radius 2 is 1.86 bits per heavy atom. The monoisotopic (exact) mass is 401 g/mol. The number of phenolic OH excluding ortho intramolecular Hbond substituents is 1. The Kier molecular flexibility index (Phi) is 4.59. The molecule has 1 fully saturated rings. The van der Waals surface area contributed by atoms with Gasteiger partial charge in [0.15, 0.2) is 0 Å². The van der Waals surface area contributed by atoms with E-state index in [-0.39, 0.29) is 18.9 Å². The number of hydrogen-bond acceptors (Lipinski definition) is 5. The molecule has 1 heterocycles. The first-order chi connectivity index (χ1) is 13.3. The fourth-order valence-electron chi connectivity index (χ4n) is 3.65. The van der Waals surface area contributed by atoms with E-state index >= 15 is 0 Å². The molecule has 1 aliphatic rings. The van der Waals surface area contributed by atoms with E-state index in [0.717, 1.165) is 41.2 Å². The van der Waals surface area contributed by atoms with Crippen LogP contribution in [0.1, 0.15) is 29.9 Å². The molecule has 6 nitrogen and oxygen atoms in total. The molecular weight excluding hydrogens is 378 g/mol. The van der Waals surface area contributed by atoms with Gasteiger partial charge < -0.3 is 14.6 Å². The van der Waals surface area contributed by atoms with Crippen molar-refractivity contribution in [2.45, 2.75) is 25.7 Å². The molecule has 2 aromatic carbocycles. The van der Waals surface area contributed by atoms with Crippen molar-refractivity contribution in [3.05, 3.63) is 47.5 Å². The Morgan fingerprint density at radius 1 is 1.18 bits per heavy atom. The predicted molar refractivity (Wildman–Crippen MR) is 109 cm³/mol. The molecule has 0 amide bonds. The summed E-state index contributed by atoms with van der Waals surface area (Å²) in [6, 6.07) is 10.6. The highest BCUT2D eigenvalue weighted by Gasteiger charge is 2.31. The number of aliphatic hydroxyl groups is 1. The van der Waals surface area contributed by atoms with Gasteiger partial charge in [-0.1, -0.05) is 0 Å². The minimum Gasteiger partial charge on any atom is -0.508 e. The van der Waals surface area contributed by atoms with Gasteiger partial charge in [0.1, 0.15) is 17.1 Å². The quantitative estimate of drug-likeness (QED) is 0.656. The van der Waals surface area contributed by atoms with Crippen LogP contribution in [0.3, 0.4) is 0 Å². The highest BCUT2D eigenvalue weighted by Crippen LogP contribution is 2.47. The summed E-state index contributed by atoms with van der Waals surface area (Å²) in [5, 5.41) is 19.9. The van der Waals surface area contributed by atoms with Crippen molar-refractivity contribution in [1.29, 1.82) is 0 Å². The van der Waals surface area contributed by atoms with Gasteiger partial charge in [-0.2, -0.15) is 0 Å². The number of rotatable bonds is 6. The van der Waals surface area contributed by atoms with Crippen LogP contribution in [0.2, 0.25) is 0 Å². The van der Waals surface area contributed by atoms with Crippen molar-refractivity contribution < 1.29 is 23.0 Å². The molecule has 0 atom stereocenters. The van der Waals surface area contributed by atoms with Gasteiger partial charge in [-0.25, -0.2) is 8.42 Å².